The summed E-state index contributed by atoms with van der Waals surface area (Å²) < 4.78 is 0. The fraction of sp³-hybridized carbons (Fsp3) is 0.385. The highest BCUT2D eigenvalue weighted by Crippen LogP contribution is 2.39. The van der Waals surface area contributed by atoms with Crippen molar-refractivity contribution in [1.29, 1.82) is 0 Å². The molecule has 2 aliphatic rings. The van der Waals surface area contributed by atoms with E-state index < -0.39 is 0 Å². The molecule has 0 bridgehead atoms. The molecule has 0 spiro atoms. The lowest BCUT2D eigenvalue weighted by Crippen LogP contribution is -2.38. The van der Waals surface area contributed by atoms with Crippen LogP contribution in [-0.2, 0) is 12.8 Å². The van der Waals surface area contributed by atoms with E-state index in [9.17, 15) is 0 Å². The van der Waals surface area contributed by atoms with Gasteiger partial charge in [-0.15, -0.1) is 0 Å². The molecule has 2 aromatic heterocycles. The predicted molar refractivity (Wildman–Crippen MR) is 135 cm³/mol. The third kappa shape index (κ3) is 3.63. The van der Waals surface area contributed by atoms with E-state index in [1.807, 2.05) is 12.1 Å². The van der Waals surface area contributed by atoms with Gasteiger partial charge in [-0.1, -0.05) is 41.4 Å². The molecule has 4 aromatic rings. The van der Waals surface area contributed by atoms with Gasteiger partial charge in [-0.2, -0.15) is 0 Å². The molecular formula is C26H28Cl2N4. The van der Waals surface area contributed by atoms with Gasteiger partial charge in [0.1, 0.15) is 0 Å². The number of likely N-dealkylation sites (tertiary alicyclic amines) is 2. The van der Waals surface area contributed by atoms with E-state index in [0.29, 0.717) is 0 Å². The summed E-state index contributed by atoms with van der Waals surface area (Å²) in [5.74, 6) is 0. The summed E-state index contributed by atoms with van der Waals surface area (Å²) in [5, 5.41) is 4.02. The Morgan fingerprint density at radius 2 is 1.56 bits per heavy atom. The molecule has 0 amide bonds. The van der Waals surface area contributed by atoms with E-state index in [4.69, 9.17) is 23.2 Å². The number of aromatic amines is 2. The molecule has 2 aliphatic heterocycles. The second-order valence-corrected chi connectivity index (χ2v) is 10.0. The molecule has 0 atom stereocenters. The molecule has 2 N–H and O–H groups in total. The molecule has 2 saturated heterocycles. The van der Waals surface area contributed by atoms with Gasteiger partial charge < -0.3 is 19.8 Å². The van der Waals surface area contributed by atoms with Crippen molar-refractivity contribution in [2.24, 2.45) is 0 Å². The van der Waals surface area contributed by atoms with E-state index in [2.05, 4.69) is 44.2 Å². The van der Waals surface area contributed by atoms with Crippen LogP contribution in [0, 0.1) is 0 Å². The van der Waals surface area contributed by atoms with Crippen LogP contribution in [0.2, 0.25) is 10.0 Å². The van der Waals surface area contributed by atoms with E-state index in [0.717, 1.165) is 58.3 Å². The highest BCUT2D eigenvalue weighted by Gasteiger charge is 2.21. The van der Waals surface area contributed by atoms with Gasteiger partial charge in [0.05, 0.1) is 16.2 Å². The minimum Gasteiger partial charge on any atom is -0.360 e. The molecule has 0 aliphatic carbocycles. The van der Waals surface area contributed by atoms with Gasteiger partial charge in [0.15, 0.2) is 0 Å². The summed E-state index contributed by atoms with van der Waals surface area (Å²) in [6, 6.07) is 10.6. The molecule has 0 unspecified atom stereocenters. The Morgan fingerprint density at radius 3 is 2.28 bits per heavy atom. The van der Waals surface area contributed by atoms with Crippen molar-refractivity contribution in [3.63, 3.8) is 0 Å². The van der Waals surface area contributed by atoms with Crippen molar-refractivity contribution in [2.45, 2.75) is 25.7 Å². The highest BCUT2D eigenvalue weighted by molar-refractivity contribution is 6.38. The lowest BCUT2D eigenvalue weighted by molar-refractivity contribution is 0.184. The van der Waals surface area contributed by atoms with Gasteiger partial charge in [-0.3, -0.25) is 0 Å². The van der Waals surface area contributed by atoms with E-state index in [1.54, 1.807) is 0 Å². The molecule has 32 heavy (non-hydrogen) atoms. The first-order chi connectivity index (χ1) is 15.7. The third-order valence-electron chi connectivity index (χ3n) is 7.29. The molecule has 4 heterocycles. The number of benzene rings is 2. The summed E-state index contributed by atoms with van der Waals surface area (Å²) >= 11 is 13.3. The quantitative estimate of drug-likeness (QED) is 0.344. The SMILES string of the molecule is Clc1ccc2c(CCN3CCC3)c(-c3ccc4c(CCN5CCC5)c[nH]c4c3Cl)[nH]c2c1. The van der Waals surface area contributed by atoms with E-state index >= 15 is 0 Å². The maximum atomic E-state index is 7.02. The lowest BCUT2D eigenvalue weighted by atomic mass is 10.00. The summed E-state index contributed by atoms with van der Waals surface area (Å²) in [5.41, 5.74) is 6.96. The van der Waals surface area contributed by atoms with Crippen LogP contribution in [0.1, 0.15) is 24.0 Å². The van der Waals surface area contributed by atoms with Gasteiger partial charge in [0.2, 0.25) is 0 Å². The molecule has 6 heteroatoms. The summed E-state index contributed by atoms with van der Waals surface area (Å²) in [7, 11) is 0. The second kappa shape index (κ2) is 8.42. The number of aromatic nitrogens is 2. The number of fused-ring (bicyclic) bond motifs is 2. The molecule has 4 nitrogen and oxygen atoms in total. The van der Waals surface area contributed by atoms with Crippen LogP contribution >= 0.6 is 23.2 Å². The highest BCUT2D eigenvalue weighted by atomic mass is 35.5. The fourth-order valence-electron chi connectivity index (χ4n) is 5.10. The maximum absolute atomic E-state index is 7.02. The first-order valence-corrected chi connectivity index (χ1v) is 12.5. The smallest absolute Gasteiger partial charge is 0.0740 e. The van der Waals surface area contributed by atoms with Crippen molar-refractivity contribution in [3.8, 4) is 11.3 Å². The van der Waals surface area contributed by atoms with Crippen LogP contribution in [-0.4, -0.2) is 59.0 Å². The number of hydrogen-bond acceptors (Lipinski definition) is 2. The van der Waals surface area contributed by atoms with E-state index in [-0.39, 0.29) is 0 Å². The van der Waals surface area contributed by atoms with Crippen molar-refractivity contribution in [1.82, 2.24) is 19.8 Å². The zero-order chi connectivity index (χ0) is 21.7. The number of nitrogens with one attached hydrogen (secondary N) is 2. The van der Waals surface area contributed by atoms with Crippen molar-refractivity contribution >= 4 is 45.0 Å². The number of rotatable bonds is 7. The van der Waals surface area contributed by atoms with E-state index in [1.165, 1.54) is 60.9 Å². The topological polar surface area (TPSA) is 38.1 Å². The minimum absolute atomic E-state index is 0.748. The summed E-state index contributed by atoms with van der Waals surface area (Å²) in [6.45, 7) is 7.08. The Morgan fingerprint density at radius 1 is 0.844 bits per heavy atom. The number of H-pyrrole nitrogens is 2. The van der Waals surface area contributed by atoms with Crippen molar-refractivity contribution < 1.29 is 0 Å². The van der Waals surface area contributed by atoms with Gasteiger partial charge in [-0.25, -0.2) is 0 Å². The van der Waals surface area contributed by atoms with Crippen LogP contribution in [0.4, 0.5) is 0 Å². The van der Waals surface area contributed by atoms with Crippen LogP contribution in [0.3, 0.4) is 0 Å². The van der Waals surface area contributed by atoms with Crippen LogP contribution in [0.25, 0.3) is 33.1 Å². The van der Waals surface area contributed by atoms with Gasteiger partial charge in [0, 0.05) is 46.2 Å². The predicted octanol–water partition coefficient (Wildman–Crippen LogP) is 6.12. The molecule has 2 aromatic carbocycles. The van der Waals surface area contributed by atoms with Crippen molar-refractivity contribution in [3.05, 3.63) is 57.7 Å². The zero-order valence-corrected chi connectivity index (χ0v) is 19.7. The summed E-state index contributed by atoms with van der Waals surface area (Å²) in [4.78, 5) is 12.1. The molecular weight excluding hydrogens is 439 g/mol. The van der Waals surface area contributed by atoms with Gasteiger partial charge >= 0.3 is 0 Å². The Balaban J connectivity index is 1.38. The van der Waals surface area contributed by atoms with Crippen LogP contribution in [0.5, 0.6) is 0 Å². The fourth-order valence-corrected chi connectivity index (χ4v) is 5.58. The molecule has 166 valence electrons. The zero-order valence-electron chi connectivity index (χ0n) is 18.2. The average Bonchev–Trinajstić information content (AvgIpc) is 3.28. The molecule has 6 rings (SSSR count). The van der Waals surface area contributed by atoms with Gasteiger partial charge in [-0.05, 0) is 75.1 Å². The first kappa shape index (κ1) is 20.6. The first-order valence-electron chi connectivity index (χ1n) is 11.7. The average molecular weight is 467 g/mol. The minimum atomic E-state index is 0.748. The molecule has 2 fully saturated rings. The Labute approximate surface area is 198 Å². The Bertz CT molecular complexity index is 1280. The Kier molecular flexibility index (Phi) is 5.42. The van der Waals surface area contributed by atoms with Crippen molar-refractivity contribution in [2.75, 3.05) is 39.3 Å². The number of hydrogen-bond donors (Lipinski definition) is 2. The Hall–Kier alpha value is -1.98. The third-order valence-corrected chi connectivity index (χ3v) is 7.92. The molecule has 0 saturated carbocycles. The monoisotopic (exact) mass is 466 g/mol. The van der Waals surface area contributed by atoms with Crippen LogP contribution in [0.15, 0.2) is 36.5 Å². The van der Waals surface area contributed by atoms with Crippen LogP contribution < -0.4 is 0 Å². The maximum Gasteiger partial charge on any atom is 0.0740 e. The summed E-state index contributed by atoms with van der Waals surface area (Å²) in [6.07, 6.45) is 6.83. The van der Waals surface area contributed by atoms with Gasteiger partial charge in [0.25, 0.3) is 0 Å². The normalized spacial score (nSPS) is 17.2. The largest absolute Gasteiger partial charge is 0.360 e. The number of halogens is 2. The standard InChI is InChI=1S/C26H28Cl2N4/c27-18-3-4-20-21(8-14-32-11-2-12-32)25(30-23(20)15-18)22-6-5-19-17(7-13-31-9-1-10-31)16-29-26(19)24(22)28/h3-6,15-16,29-30H,1-2,7-14H2. The second-order valence-electron chi connectivity index (χ2n) is 9.22. The molecule has 0 radical (unpaired) electrons. The lowest BCUT2D eigenvalue weighted by Gasteiger charge is -2.30. The number of nitrogens with zero attached hydrogens (tertiary/aromatic N) is 2.